The Bertz CT molecular complexity index is 1310. The maximum atomic E-state index is 4.82. The van der Waals surface area contributed by atoms with Crippen LogP contribution in [0.1, 0.15) is 29.3 Å². The molecule has 4 heteroatoms. The third-order valence-electron chi connectivity index (χ3n) is 7.23. The molecule has 4 aromatic rings. The maximum Gasteiger partial charge on any atom is 0.0520 e. The number of pyridine rings is 1. The number of nitrogens with zero attached hydrogens (tertiary/aromatic N) is 3. The molecule has 4 nitrogen and oxygen atoms in total. The molecule has 0 spiro atoms. The maximum absolute atomic E-state index is 4.82. The third kappa shape index (κ3) is 4.01. The lowest BCUT2D eigenvalue weighted by Gasteiger charge is -2.34. The van der Waals surface area contributed by atoms with Crippen molar-refractivity contribution in [3.63, 3.8) is 0 Å². The summed E-state index contributed by atoms with van der Waals surface area (Å²) in [4.78, 5) is 13.2. The van der Waals surface area contributed by atoms with E-state index < -0.39 is 0 Å². The van der Waals surface area contributed by atoms with Crippen LogP contribution >= 0.6 is 0 Å². The van der Waals surface area contributed by atoms with Crippen LogP contribution < -0.4 is 0 Å². The number of hydrogen-bond donors (Lipinski definition) is 1. The minimum Gasteiger partial charge on any atom is -0.361 e. The lowest BCUT2D eigenvalue weighted by atomic mass is 9.97. The second-order valence-electron chi connectivity index (χ2n) is 9.23. The first-order chi connectivity index (χ1) is 16.3. The SMILES string of the molecule is CCN1CCN(Cc2ccc(-c3cnc4c(c3)C(c3ccc5[nH]ccc5c3)=CC4)cc2)CC1. The van der Waals surface area contributed by atoms with Crippen molar-refractivity contribution in [1.29, 1.82) is 0 Å². The first-order valence-corrected chi connectivity index (χ1v) is 12.1. The highest BCUT2D eigenvalue weighted by Crippen LogP contribution is 2.35. The molecule has 2 aliphatic rings. The second-order valence-corrected chi connectivity index (χ2v) is 9.23. The van der Waals surface area contributed by atoms with Crippen LogP contribution in [-0.2, 0) is 13.0 Å². The fraction of sp³-hybridized carbons (Fsp3) is 0.276. The summed E-state index contributed by atoms with van der Waals surface area (Å²) in [7, 11) is 0. The lowest BCUT2D eigenvalue weighted by Crippen LogP contribution is -2.45. The van der Waals surface area contributed by atoms with Crippen molar-refractivity contribution < 1.29 is 0 Å². The Balaban J connectivity index is 1.21. The number of likely N-dealkylation sites (N-methyl/N-ethyl adjacent to an activating group) is 1. The van der Waals surface area contributed by atoms with Crippen LogP contribution in [0.5, 0.6) is 0 Å². The van der Waals surface area contributed by atoms with Gasteiger partial charge in [-0.3, -0.25) is 9.88 Å². The van der Waals surface area contributed by atoms with E-state index >= 15 is 0 Å². The van der Waals surface area contributed by atoms with Gasteiger partial charge in [0.1, 0.15) is 0 Å². The first kappa shape index (κ1) is 20.4. The fourth-order valence-corrected chi connectivity index (χ4v) is 5.17. The molecule has 1 saturated heterocycles. The summed E-state index contributed by atoms with van der Waals surface area (Å²) in [6.07, 6.45) is 7.25. The molecular formula is C29H30N4. The number of hydrogen-bond acceptors (Lipinski definition) is 3. The monoisotopic (exact) mass is 434 g/mol. The van der Waals surface area contributed by atoms with E-state index in [0.29, 0.717) is 0 Å². The molecule has 1 fully saturated rings. The van der Waals surface area contributed by atoms with E-state index in [1.54, 1.807) is 0 Å². The quantitative estimate of drug-likeness (QED) is 0.460. The predicted molar refractivity (Wildman–Crippen MR) is 136 cm³/mol. The average molecular weight is 435 g/mol. The molecule has 1 aliphatic carbocycles. The van der Waals surface area contributed by atoms with Crippen molar-refractivity contribution in [1.82, 2.24) is 19.8 Å². The zero-order valence-corrected chi connectivity index (χ0v) is 19.2. The van der Waals surface area contributed by atoms with Gasteiger partial charge in [0.05, 0.1) is 5.69 Å². The van der Waals surface area contributed by atoms with Crippen LogP contribution in [0.15, 0.2) is 73.1 Å². The van der Waals surface area contributed by atoms with Gasteiger partial charge in [-0.05, 0) is 58.5 Å². The molecule has 3 heterocycles. The molecule has 0 amide bonds. The van der Waals surface area contributed by atoms with E-state index in [1.165, 1.54) is 63.1 Å². The van der Waals surface area contributed by atoms with E-state index in [9.17, 15) is 0 Å². The van der Waals surface area contributed by atoms with Gasteiger partial charge < -0.3 is 9.88 Å². The number of allylic oxidation sites excluding steroid dienone is 1. The number of benzene rings is 2. The smallest absolute Gasteiger partial charge is 0.0520 e. The zero-order valence-electron chi connectivity index (χ0n) is 19.2. The van der Waals surface area contributed by atoms with Crippen LogP contribution in [0.4, 0.5) is 0 Å². The molecular weight excluding hydrogens is 404 g/mol. The summed E-state index contributed by atoms with van der Waals surface area (Å²) >= 11 is 0. The Labute approximate surface area is 195 Å². The Morgan fingerprint density at radius 1 is 0.848 bits per heavy atom. The number of piperazine rings is 1. The van der Waals surface area contributed by atoms with Crippen LogP contribution in [0.2, 0.25) is 0 Å². The van der Waals surface area contributed by atoms with Crippen LogP contribution in [0, 0.1) is 0 Å². The second kappa shape index (κ2) is 8.62. The molecule has 0 radical (unpaired) electrons. The summed E-state index contributed by atoms with van der Waals surface area (Å²) in [6.45, 7) is 9.14. The Morgan fingerprint density at radius 2 is 1.64 bits per heavy atom. The summed E-state index contributed by atoms with van der Waals surface area (Å²) in [6, 6.07) is 20.2. The van der Waals surface area contributed by atoms with Gasteiger partial charge in [-0.15, -0.1) is 0 Å². The van der Waals surface area contributed by atoms with Crippen molar-refractivity contribution in [2.45, 2.75) is 19.9 Å². The van der Waals surface area contributed by atoms with Crippen molar-refractivity contribution in [2.75, 3.05) is 32.7 Å². The van der Waals surface area contributed by atoms with Crippen LogP contribution in [-0.4, -0.2) is 52.5 Å². The summed E-state index contributed by atoms with van der Waals surface area (Å²) in [5.41, 5.74) is 9.98. The van der Waals surface area contributed by atoms with E-state index in [1.807, 2.05) is 12.4 Å². The van der Waals surface area contributed by atoms with Gasteiger partial charge in [0, 0.05) is 68.2 Å². The summed E-state index contributed by atoms with van der Waals surface area (Å²) < 4.78 is 0. The lowest BCUT2D eigenvalue weighted by molar-refractivity contribution is 0.132. The molecule has 0 saturated carbocycles. The highest BCUT2D eigenvalue weighted by atomic mass is 15.3. The van der Waals surface area contributed by atoms with Gasteiger partial charge in [0.25, 0.3) is 0 Å². The van der Waals surface area contributed by atoms with Crippen molar-refractivity contribution >= 4 is 16.5 Å². The number of nitrogens with one attached hydrogen (secondary N) is 1. The molecule has 33 heavy (non-hydrogen) atoms. The molecule has 0 unspecified atom stereocenters. The largest absolute Gasteiger partial charge is 0.361 e. The molecule has 166 valence electrons. The molecule has 1 N–H and O–H groups in total. The average Bonchev–Trinajstić information content (AvgIpc) is 3.51. The van der Waals surface area contributed by atoms with Crippen molar-refractivity contribution in [3.05, 3.63) is 95.5 Å². The van der Waals surface area contributed by atoms with E-state index in [4.69, 9.17) is 4.98 Å². The van der Waals surface area contributed by atoms with E-state index in [0.717, 1.165) is 32.6 Å². The minimum absolute atomic E-state index is 0.903. The first-order valence-electron chi connectivity index (χ1n) is 12.1. The van der Waals surface area contributed by atoms with Gasteiger partial charge in [0.15, 0.2) is 0 Å². The van der Waals surface area contributed by atoms with E-state index in [-0.39, 0.29) is 0 Å². The van der Waals surface area contributed by atoms with E-state index in [2.05, 4.69) is 82.4 Å². The highest BCUT2D eigenvalue weighted by molar-refractivity contribution is 5.90. The Hall–Kier alpha value is -3.21. The third-order valence-corrected chi connectivity index (χ3v) is 7.23. The Kier molecular flexibility index (Phi) is 5.33. The molecule has 0 bridgehead atoms. The highest BCUT2D eigenvalue weighted by Gasteiger charge is 2.19. The van der Waals surface area contributed by atoms with Crippen molar-refractivity contribution in [3.8, 4) is 11.1 Å². The molecule has 2 aromatic heterocycles. The topological polar surface area (TPSA) is 35.2 Å². The minimum atomic E-state index is 0.903. The molecule has 0 atom stereocenters. The predicted octanol–water partition coefficient (Wildman–Crippen LogP) is 5.36. The van der Waals surface area contributed by atoms with Gasteiger partial charge >= 0.3 is 0 Å². The standard InChI is InChI=1S/C29H30N4/c1-2-32-13-15-33(16-14-32)20-21-3-5-22(6-4-21)25-18-27-26(8-10-29(27)31-19-25)23-7-9-28-24(17-23)11-12-30-28/h3-9,11-12,17-19,30H,2,10,13-16,20H2,1H3. The van der Waals surface area contributed by atoms with Gasteiger partial charge in [-0.2, -0.15) is 0 Å². The van der Waals surface area contributed by atoms with Crippen LogP contribution in [0.25, 0.3) is 27.6 Å². The Morgan fingerprint density at radius 3 is 2.45 bits per heavy atom. The fourth-order valence-electron chi connectivity index (χ4n) is 5.17. The summed E-state index contributed by atoms with van der Waals surface area (Å²) in [5.74, 6) is 0. The van der Waals surface area contributed by atoms with Crippen LogP contribution in [0.3, 0.4) is 0 Å². The number of fused-ring (bicyclic) bond motifs is 2. The molecule has 2 aromatic carbocycles. The number of H-pyrrole nitrogens is 1. The number of aromatic amines is 1. The van der Waals surface area contributed by atoms with Crippen molar-refractivity contribution in [2.24, 2.45) is 0 Å². The number of aromatic nitrogens is 2. The zero-order chi connectivity index (χ0) is 22.2. The normalized spacial score (nSPS) is 16.8. The molecule has 6 rings (SSSR count). The number of rotatable bonds is 5. The summed E-state index contributed by atoms with van der Waals surface area (Å²) in [5, 5.41) is 1.25. The molecule has 1 aliphatic heterocycles. The van der Waals surface area contributed by atoms with Gasteiger partial charge in [-0.1, -0.05) is 43.3 Å². The van der Waals surface area contributed by atoms with Gasteiger partial charge in [-0.25, -0.2) is 0 Å². The van der Waals surface area contributed by atoms with Gasteiger partial charge in [0.2, 0.25) is 0 Å².